The first kappa shape index (κ1) is 12.7. The SMILES string of the molecule is Cn1cccc1CNC(=O)c1ccc2nc(Cl)oc2c1. The molecule has 0 spiro atoms. The summed E-state index contributed by atoms with van der Waals surface area (Å²) in [5.41, 5.74) is 2.68. The van der Waals surface area contributed by atoms with Gasteiger partial charge in [0.1, 0.15) is 5.52 Å². The van der Waals surface area contributed by atoms with E-state index in [1.807, 2.05) is 29.9 Å². The standard InChI is InChI=1S/C14H12ClN3O2/c1-18-6-2-3-10(18)8-16-13(19)9-4-5-11-12(7-9)20-14(15)17-11/h2-7H,8H2,1H3,(H,16,19). The number of oxazole rings is 1. The third-order valence-electron chi connectivity index (χ3n) is 3.11. The first-order chi connectivity index (χ1) is 9.63. The second-order valence-electron chi connectivity index (χ2n) is 4.44. The van der Waals surface area contributed by atoms with Gasteiger partial charge in [0.25, 0.3) is 11.3 Å². The number of rotatable bonds is 3. The second kappa shape index (κ2) is 5.02. The van der Waals surface area contributed by atoms with Crippen molar-refractivity contribution in [2.75, 3.05) is 0 Å². The Labute approximate surface area is 120 Å². The molecule has 0 fully saturated rings. The molecule has 1 aromatic carbocycles. The average molecular weight is 290 g/mol. The minimum atomic E-state index is -0.166. The highest BCUT2D eigenvalue weighted by atomic mass is 35.5. The first-order valence-corrected chi connectivity index (χ1v) is 6.46. The van der Waals surface area contributed by atoms with Gasteiger partial charge in [0.05, 0.1) is 6.54 Å². The van der Waals surface area contributed by atoms with Gasteiger partial charge < -0.3 is 14.3 Å². The Bertz CT molecular complexity index is 776. The summed E-state index contributed by atoms with van der Waals surface area (Å²) < 4.78 is 7.16. The monoisotopic (exact) mass is 289 g/mol. The number of aryl methyl sites for hydroxylation is 1. The molecule has 1 N–H and O–H groups in total. The summed E-state index contributed by atoms with van der Waals surface area (Å²) >= 11 is 5.68. The third kappa shape index (κ3) is 2.40. The average Bonchev–Trinajstić information content (AvgIpc) is 2.99. The Morgan fingerprint density at radius 1 is 1.45 bits per heavy atom. The Kier molecular flexibility index (Phi) is 3.20. The fourth-order valence-electron chi connectivity index (χ4n) is 1.99. The fourth-order valence-corrected chi connectivity index (χ4v) is 2.16. The lowest BCUT2D eigenvalue weighted by Gasteiger charge is -2.06. The van der Waals surface area contributed by atoms with Crippen LogP contribution in [-0.2, 0) is 13.6 Å². The third-order valence-corrected chi connectivity index (χ3v) is 3.27. The summed E-state index contributed by atoms with van der Waals surface area (Å²) in [6, 6.07) is 8.93. The van der Waals surface area contributed by atoms with E-state index in [1.165, 1.54) is 0 Å². The molecule has 0 saturated heterocycles. The zero-order valence-corrected chi connectivity index (χ0v) is 11.5. The van der Waals surface area contributed by atoms with Crippen LogP contribution in [0.25, 0.3) is 11.1 Å². The lowest BCUT2D eigenvalue weighted by molar-refractivity contribution is 0.0950. The Morgan fingerprint density at radius 2 is 2.30 bits per heavy atom. The number of nitrogens with zero attached hydrogens (tertiary/aromatic N) is 2. The molecule has 20 heavy (non-hydrogen) atoms. The molecule has 6 heteroatoms. The van der Waals surface area contributed by atoms with Crippen molar-refractivity contribution in [1.82, 2.24) is 14.9 Å². The summed E-state index contributed by atoms with van der Waals surface area (Å²) in [6.45, 7) is 0.470. The molecular formula is C14H12ClN3O2. The maximum Gasteiger partial charge on any atom is 0.293 e. The maximum absolute atomic E-state index is 12.1. The highest BCUT2D eigenvalue weighted by molar-refractivity contribution is 6.28. The summed E-state index contributed by atoms with van der Waals surface area (Å²) in [6.07, 6.45) is 1.93. The van der Waals surface area contributed by atoms with Crippen molar-refractivity contribution in [3.05, 3.63) is 53.1 Å². The van der Waals surface area contributed by atoms with E-state index < -0.39 is 0 Å². The number of nitrogens with one attached hydrogen (secondary N) is 1. The molecule has 3 rings (SSSR count). The molecule has 2 heterocycles. The molecule has 5 nitrogen and oxygen atoms in total. The molecule has 0 aliphatic rings. The second-order valence-corrected chi connectivity index (χ2v) is 4.77. The van der Waals surface area contributed by atoms with Gasteiger partial charge in [0.15, 0.2) is 5.58 Å². The molecular weight excluding hydrogens is 278 g/mol. The quantitative estimate of drug-likeness (QED) is 0.806. The van der Waals surface area contributed by atoms with Gasteiger partial charge in [0, 0.05) is 24.5 Å². The predicted octanol–water partition coefficient (Wildman–Crippen LogP) is 2.75. The number of carbonyl (C=O) groups excluding carboxylic acids is 1. The van der Waals surface area contributed by atoms with Crippen LogP contribution in [0.5, 0.6) is 0 Å². The molecule has 0 radical (unpaired) electrons. The molecule has 102 valence electrons. The lowest BCUT2D eigenvalue weighted by Crippen LogP contribution is -2.23. The van der Waals surface area contributed by atoms with Crippen molar-refractivity contribution < 1.29 is 9.21 Å². The topological polar surface area (TPSA) is 60.1 Å². The van der Waals surface area contributed by atoms with Crippen LogP contribution in [0.3, 0.4) is 0 Å². The van der Waals surface area contributed by atoms with Crippen molar-refractivity contribution in [3.8, 4) is 0 Å². The minimum absolute atomic E-state index is 0.0707. The number of benzene rings is 1. The molecule has 2 aromatic heterocycles. The van der Waals surface area contributed by atoms with E-state index >= 15 is 0 Å². The molecule has 0 saturated carbocycles. The van der Waals surface area contributed by atoms with Crippen LogP contribution in [0.1, 0.15) is 16.1 Å². The van der Waals surface area contributed by atoms with E-state index in [9.17, 15) is 4.79 Å². The zero-order chi connectivity index (χ0) is 14.1. The number of hydrogen-bond acceptors (Lipinski definition) is 3. The van der Waals surface area contributed by atoms with Crippen LogP contribution >= 0.6 is 11.6 Å². The molecule has 0 aliphatic heterocycles. The number of hydrogen-bond donors (Lipinski definition) is 1. The molecule has 1 amide bonds. The zero-order valence-electron chi connectivity index (χ0n) is 10.8. The van der Waals surface area contributed by atoms with Crippen LogP contribution in [0.2, 0.25) is 5.35 Å². The summed E-state index contributed by atoms with van der Waals surface area (Å²) in [5.74, 6) is -0.166. The predicted molar refractivity (Wildman–Crippen MR) is 75.6 cm³/mol. The van der Waals surface area contributed by atoms with Gasteiger partial charge >= 0.3 is 0 Å². The van der Waals surface area contributed by atoms with Crippen molar-refractivity contribution in [1.29, 1.82) is 0 Å². The smallest absolute Gasteiger partial charge is 0.293 e. The van der Waals surface area contributed by atoms with E-state index in [0.29, 0.717) is 23.2 Å². The summed E-state index contributed by atoms with van der Waals surface area (Å²) in [7, 11) is 1.93. The summed E-state index contributed by atoms with van der Waals surface area (Å²) in [5, 5.41) is 2.93. The van der Waals surface area contributed by atoms with Gasteiger partial charge in [-0.3, -0.25) is 4.79 Å². The number of aromatic nitrogens is 2. The van der Waals surface area contributed by atoms with Crippen LogP contribution in [-0.4, -0.2) is 15.5 Å². The van der Waals surface area contributed by atoms with Gasteiger partial charge in [0.2, 0.25) is 0 Å². The molecule has 0 bridgehead atoms. The largest absolute Gasteiger partial charge is 0.428 e. The Morgan fingerprint density at radius 3 is 3.05 bits per heavy atom. The van der Waals surface area contributed by atoms with Crippen molar-refractivity contribution >= 4 is 28.6 Å². The summed E-state index contributed by atoms with van der Waals surface area (Å²) in [4.78, 5) is 16.1. The highest BCUT2D eigenvalue weighted by Crippen LogP contribution is 2.20. The van der Waals surface area contributed by atoms with Gasteiger partial charge in [-0.2, -0.15) is 4.98 Å². The van der Waals surface area contributed by atoms with Crippen LogP contribution in [0.4, 0.5) is 0 Å². The van der Waals surface area contributed by atoms with Gasteiger partial charge in [-0.15, -0.1) is 0 Å². The number of fused-ring (bicyclic) bond motifs is 1. The van der Waals surface area contributed by atoms with E-state index in [4.69, 9.17) is 16.0 Å². The number of amides is 1. The van der Waals surface area contributed by atoms with Crippen molar-refractivity contribution in [2.24, 2.45) is 7.05 Å². The van der Waals surface area contributed by atoms with Crippen LogP contribution in [0, 0.1) is 0 Å². The molecule has 0 atom stereocenters. The normalized spacial score (nSPS) is 10.9. The lowest BCUT2D eigenvalue weighted by atomic mass is 10.2. The fraction of sp³-hybridized carbons (Fsp3) is 0.143. The van der Waals surface area contributed by atoms with E-state index in [1.54, 1.807) is 18.2 Å². The Hall–Kier alpha value is -2.27. The molecule has 0 aliphatic carbocycles. The first-order valence-electron chi connectivity index (χ1n) is 6.08. The van der Waals surface area contributed by atoms with E-state index in [0.717, 1.165) is 5.69 Å². The van der Waals surface area contributed by atoms with Gasteiger partial charge in [-0.25, -0.2) is 0 Å². The van der Waals surface area contributed by atoms with Gasteiger partial charge in [-0.1, -0.05) is 0 Å². The Balaban J connectivity index is 1.76. The number of carbonyl (C=O) groups is 1. The minimum Gasteiger partial charge on any atom is -0.428 e. The highest BCUT2D eigenvalue weighted by Gasteiger charge is 2.10. The van der Waals surface area contributed by atoms with E-state index in [2.05, 4.69) is 10.3 Å². The number of halogens is 1. The van der Waals surface area contributed by atoms with E-state index in [-0.39, 0.29) is 11.3 Å². The van der Waals surface area contributed by atoms with Crippen molar-refractivity contribution in [3.63, 3.8) is 0 Å². The van der Waals surface area contributed by atoms with Crippen LogP contribution in [0.15, 0.2) is 40.9 Å². The molecule has 3 aromatic rings. The molecule has 0 unspecified atom stereocenters. The van der Waals surface area contributed by atoms with Crippen LogP contribution < -0.4 is 5.32 Å². The maximum atomic E-state index is 12.1. The van der Waals surface area contributed by atoms with Gasteiger partial charge in [-0.05, 0) is 41.9 Å². The van der Waals surface area contributed by atoms with Crippen molar-refractivity contribution in [2.45, 2.75) is 6.54 Å².